The van der Waals surface area contributed by atoms with Crippen molar-refractivity contribution in [1.82, 2.24) is 0 Å². The Morgan fingerprint density at radius 1 is 0.429 bits per heavy atom. The number of hydrogen-bond acceptors (Lipinski definition) is 5. The molecule has 0 aliphatic carbocycles. The van der Waals surface area contributed by atoms with Gasteiger partial charge in [0.25, 0.3) is 0 Å². The van der Waals surface area contributed by atoms with E-state index in [-0.39, 0.29) is 14.4 Å². The summed E-state index contributed by atoms with van der Waals surface area (Å²) in [5.41, 5.74) is 2.07. The zero-order valence-corrected chi connectivity index (χ0v) is 26.2. The van der Waals surface area contributed by atoms with Gasteiger partial charge in [0.1, 0.15) is 5.75 Å². The summed E-state index contributed by atoms with van der Waals surface area (Å²) in [6, 6.07) is 45.2. The van der Waals surface area contributed by atoms with Gasteiger partial charge in [-0.3, -0.25) is 0 Å². The van der Waals surface area contributed by atoms with E-state index in [9.17, 15) is 0 Å². The molecule has 0 N–H and O–H groups in total. The Balaban J connectivity index is 1.29. The first-order valence-electron chi connectivity index (χ1n) is 13.7. The molecule has 216 valence electrons. The first kappa shape index (κ1) is 29.5. The van der Waals surface area contributed by atoms with Crippen LogP contribution >= 0.6 is 16.3 Å². The predicted molar refractivity (Wildman–Crippen MR) is 175 cm³/mol. The van der Waals surface area contributed by atoms with E-state index in [0.717, 1.165) is 17.1 Å². The van der Waals surface area contributed by atoms with Crippen molar-refractivity contribution in [3.8, 4) is 28.7 Å². The van der Waals surface area contributed by atoms with Crippen molar-refractivity contribution in [1.29, 1.82) is 0 Å². The maximum absolute atomic E-state index is 6.61. The molecule has 5 rings (SSSR count). The Labute approximate surface area is 250 Å². The van der Waals surface area contributed by atoms with Gasteiger partial charge >= 0.3 is 210 Å². The fourth-order valence-corrected chi connectivity index (χ4v) is 7.32. The molecular weight excluding hydrogens is 562 g/mol. The minimum absolute atomic E-state index is 0.116. The van der Waals surface area contributed by atoms with Crippen molar-refractivity contribution in [3.05, 3.63) is 151 Å². The molecule has 0 bridgehead atoms. The van der Waals surface area contributed by atoms with Gasteiger partial charge in [0.2, 0.25) is 0 Å². The predicted octanol–water partition coefficient (Wildman–Crippen LogP) is 10.1. The molecule has 0 saturated heterocycles. The molecule has 1 unspecified atom stereocenters. The zero-order chi connectivity index (χ0) is 29.5. The minimum atomic E-state index is -3.66. The molecule has 0 aliphatic rings. The van der Waals surface area contributed by atoms with Gasteiger partial charge in [0, 0.05) is 0 Å². The monoisotopic (exact) mass is 598 g/mol. The van der Waals surface area contributed by atoms with E-state index in [2.05, 4.69) is 38.1 Å². The molecule has 5 nitrogen and oxygen atoms in total. The van der Waals surface area contributed by atoms with Gasteiger partial charge in [-0.15, -0.1) is 0 Å². The zero-order valence-electron chi connectivity index (χ0n) is 24.3. The second-order valence-corrected chi connectivity index (χ2v) is 15.6. The Morgan fingerprint density at radius 3 is 1.14 bits per heavy atom. The molecule has 0 aliphatic heterocycles. The van der Waals surface area contributed by atoms with Crippen LogP contribution < -0.4 is 22.6 Å². The molecule has 7 heteroatoms. The van der Waals surface area contributed by atoms with Crippen LogP contribution in [0.15, 0.2) is 140 Å². The first-order valence-corrected chi connectivity index (χ1v) is 17.4. The Hall–Kier alpha value is -4.04. The second kappa shape index (κ2) is 12.4. The standard InChI is InChI=1S/C35H36O5P2/c1-35(2,28-20-24-31(25-21-28)37-41-36-30-14-8-5-9-15-30)29-22-26-34(27-23-29)40-42(3,4,38-32-16-10-6-11-17-32)39-33-18-12-7-13-19-33/h5-27,41H,1-4H3. The van der Waals surface area contributed by atoms with Gasteiger partial charge in [-0.1, -0.05) is 18.2 Å². The summed E-state index contributed by atoms with van der Waals surface area (Å²) < 4.78 is 31.1. The van der Waals surface area contributed by atoms with Crippen LogP contribution in [0.2, 0.25) is 0 Å². The van der Waals surface area contributed by atoms with Crippen LogP contribution in [0.3, 0.4) is 0 Å². The van der Waals surface area contributed by atoms with Gasteiger partial charge in [0.05, 0.1) is 0 Å². The topological polar surface area (TPSA) is 46.2 Å². The second-order valence-electron chi connectivity index (χ2n) is 10.9. The molecule has 0 radical (unpaired) electrons. The van der Waals surface area contributed by atoms with E-state index in [0.29, 0.717) is 17.2 Å². The molecule has 5 aromatic rings. The molecule has 0 saturated carbocycles. The number of hydrogen-bond donors (Lipinski definition) is 0. The van der Waals surface area contributed by atoms with Gasteiger partial charge < -0.3 is 4.52 Å². The maximum atomic E-state index is 6.61. The van der Waals surface area contributed by atoms with E-state index in [1.54, 1.807) is 0 Å². The molecule has 0 spiro atoms. The number of benzene rings is 5. The van der Waals surface area contributed by atoms with Crippen molar-refractivity contribution in [2.75, 3.05) is 13.3 Å². The Morgan fingerprint density at radius 2 is 0.738 bits per heavy atom. The summed E-state index contributed by atoms with van der Waals surface area (Å²) in [5.74, 6) is 3.60. The van der Waals surface area contributed by atoms with E-state index >= 15 is 0 Å². The van der Waals surface area contributed by atoms with Crippen molar-refractivity contribution >= 4 is 16.3 Å². The van der Waals surface area contributed by atoms with Crippen LogP contribution in [0.1, 0.15) is 25.0 Å². The van der Waals surface area contributed by atoms with Crippen molar-refractivity contribution < 1.29 is 22.6 Å². The third kappa shape index (κ3) is 7.62. The summed E-state index contributed by atoms with van der Waals surface area (Å²) in [6.07, 6.45) is 0. The van der Waals surface area contributed by atoms with Crippen LogP contribution in [-0.2, 0) is 5.41 Å². The van der Waals surface area contributed by atoms with E-state index in [4.69, 9.17) is 22.6 Å². The van der Waals surface area contributed by atoms with Gasteiger partial charge in [0.15, 0.2) is 0 Å². The normalized spacial score (nSPS) is 12.7. The van der Waals surface area contributed by atoms with Crippen LogP contribution in [-0.4, -0.2) is 13.3 Å². The molecule has 0 heterocycles. The summed E-state index contributed by atoms with van der Waals surface area (Å²) in [6.45, 7) is 8.24. The molecule has 5 aromatic carbocycles. The molecule has 0 fully saturated rings. The van der Waals surface area contributed by atoms with Crippen molar-refractivity contribution in [2.45, 2.75) is 19.3 Å². The molecule has 1 atom stereocenters. The van der Waals surface area contributed by atoms with Crippen LogP contribution in [0, 0.1) is 0 Å². The van der Waals surface area contributed by atoms with Gasteiger partial charge in [-0.2, -0.15) is 0 Å². The molecule has 0 amide bonds. The molecule has 42 heavy (non-hydrogen) atoms. The van der Waals surface area contributed by atoms with Crippen LogP contribution in [0.5, 0.6) is 28.7 Å². The third-order valence-corrected chi connectivity index (χ3v) is 9.60. The Bertz CT molecular complexity index is 1510. The van der Waals surface area contributed by atoms with E-state index < -0.39 is 7.28 Å². The summed E-state index contributed by atoms with van der Waals surface area (Å²) in [5, 5.41) is 0. The Kier molecular flexibility index (Phi) is 8.73. The van der Waals surface area contributed by atoms with Crippen LogP contribution in [0.25, 0.3) is 0 Å². The third-order valence-electron chi connectivity index (χ3n) is 6.79. The summed E-state index contributed by atoms with van der Waals surface area (Å²) in [7, 11) is -3.78. The SMILES string of the molecule is CC(C)(c1ccc(OPOc2ccccc2)cc1)c1ccc(OP(C)(C)(Oc2ccccc2)Oc2ccccc2)cc1. The molecular formula is C35H36O5P2. The van der Waals surface area contributed by atoms with E-state index in [1.165, 1.54) is 5.56 Å². The van der Waals surface area contributed by atoms with Crippen molar-refractivity contribution in [3.63, 3.8) is 0 Å². The van der Waals surface area contributed by atoms with E-state index in [1.807, 2.05) is 129 Å². The van der Waals surface area contributed by atoms with Crippen molar-refractivity contribution in [2.24, 2.45) is 0 Å². The average Bonchev–Trinajstić information content (AvgIpc) is 2.99. The summed E-state index contributed by atoms with van der Waals surface area (Å²) in [4.78, 5) is 0. The fraction of sp³-hybridized carbons (Fsp3) is 0.143. The quantitative estimate of drug-likeness (QED) is 0.134. The van der Waals surface area contributed by atoms with Gasteiger partial charge in [-0.05, 0) is 12.1 Å². The average molecular weight is 599 g/mol. The molecule has 0 aromatic heterocycles. The first-order chi connectivity index (χ1) is 20.2. The fourth-order valence-electron chi connectivity index (χ4n) is 4.55. The number of rotatable bonds is 12. The van der Waals surface area contributed by atoms with Gasteiger partial charge in [-0.25, -0.2) is 0 Å². The van der Waals surface area contributed by atoms with Crippen LogP contribution in [0.4, 0.5) is 0 Å². The summed E-state index contributed by atoms with van der Waals surface area (Å²) >= 11 is 0. The number of para-hydroxylation sites is 3.